The number of nitrogens with zero attached hydrogens (tertiary/aromatic N) is 3. The third-order valence-electron chi connectivity index (χ3n) is 1.32. The molecule has 0 aliphatic heterocycles. The molecule has 0 fully saturated rings. The van der Waals surface area contributed by atoms with Crippen LogP contribution in [-0.2, 0) is 0 Å². The fraction of sp³-hybridized carbons (Fsp3) is 0.571. The van der Waals surface area contributed by atoms with E-state index in [1.165, 1.54) is 18.9 Å². The molecular weight excluding hydrogens is 204 g/mol. The van der Waals surface area contributed by atoms with Crippen molar-refractivity contribution in [3.8, 4) is 6.01 Å². The van der Waals surface area contributed by atoms with E-state index in [1.54, 1.807) is 7.05 Å². The Hall–Kier alpha value is -1.08. The molecule has 0 saturated carbocycles. The Balaban J connectivity index is 2.81. The monoisotopic (exact) mass is 216 g/mol. The van der Waals surface area contributed by atoms with E-state index in [0.29, 0.717) is 16.9 Å². The number of methoxy groups -OCH3 is 1. The standard InChI is InChI=1S/C7H12N4O2S/c1-8-5-9-6(13-2)11-7(10-5)14-4-3-12/h12H,3-4H2,1-2H3,(H,8,9,10,11). The van der Waals surface area contributed by atoms with Crippen molar-refractivity contribution in [3.63, 3.8) is 0 Å². The predicted octanol–water partition coefficient (Wildman–Crippen LogP) is 0.00630. The van der Waals surface area contributed by atoms with E-state index in [2.05, 4.69) is 20.3 Å². The van der Waals surface area contributed by atoms with Crippen LogP contribution in [0.3, 0.4) is 0 Å². The van der Waals surface area contributed by atoms with Crippen LogP contribution < -0.4 is 10.1 Å². The Kier molecular flexibility index (Phi) is 4.41. The third-order valence-corrected chi connectivity index (χ3v) is 2.15. The topological polar surface area (TPSA) is 80.2 Å². The Morgan fingerprint density at radius 1 is 1.43 bits per heavy atom. The van der Waals surface area contributed by atoms with Crippen LogP contribution in [-0.4, -0.2) is 46.6 Å². The van der Waals surface area contributed by atoms with Gasteiger partial charge in [-0.25, -0.2) is 0 Å². The fourth-order valence-electron chi connectivity index (χ4n) is 0.743. The molecule has 0 amide bonds. The highest BCUT2D eigenvalue weighted by atomic mass is 32.2. The van der Waals surface area contributed by atoms with Crippen LogP contribution in [0, 0.1) is 0 Å². The first-order valence-corrected chi connectivity index (χ1v) is 5.00. The van der Waals surface area contributed by atoms with Crippen LogP contribution >= 0.6 is 11.8 Å². The summed E-state index contributed by atoms with van der Waals surface area (Å²) in [5.41, 5.74) is 0. The second kappa shape index (κ2) is 5.61. The average molecular weight is 216 g/mol. The number of anilines is 1. The van der Waals surface area contributed by atoms with Gasteiger partial charge in [-0.15, -0.1) is 0 Å². The molecule has 0 aliphatic rings. The summed E-state index contributed by atoms with van der Waals surface area (Å²) < 4.78 is 4.90. The van der Waals surface area contributed by atoms with E-state index in [4.69, 9.17) is 9.84 Å². The molecule has 1 rings (SSSR count). The summed E-state index contributed by atoms with van der Waals surface area (Å²) in [5, 5.41) is 12.0. The van der Waals surface area contributed by atoms with E-state index in [9.17, 15) is 0 Å². The van der Waals surface area contributed by atoms with Gasteiger partial charge in [0, 0.05) is 12.8 Å². The van der Waals surface area contributed by atoms with Gasteiger partial charge >= 0.3 is 6.01 Å². The SMILES string of the molecule is CNc1nc(OC)nc(SCCO)n1. The predicted molar refractivity (Wildman–Crippen MR) is 53.7 cm³/mol. The molecule has 0 spiro atoms. The van der Waals surface area contributed by atoms with Crippen molar-refractivity contribution in [2.45, 2.75) is 5.16 Å². The summed E-state index contributed by atoms with van der Waals surface area (Å²) in [4.78, 5) is 12.0. The average Bonchev–Trinajstić information content (AvgIpc) is 2.25. The maximum Gasteiger partial charge on any atom is 0.321 e. The van der Waals surface area contributed by atoms with Gasteiger partial charge in [0.2, 0.25) is 5.95 Å². The molecule has 0 unspecified atom stereocenters. The number of hydrogen-bond donors (Lipinski definition) is 2. The van der Waals surface area contributed by atoms with Crippen LogP contribution in [0.5, 0.6) is 6.01 Å². The molecule has 1 heterocycles. The number of hydrogen-bond acceptors (Lipinski definition) is 7. The van der Waals surface area contributed by atoms with Gasteiger partial charge < -0.3 is 15.2 Å². The van der Waals surface area contributed by atoms with Crippen LogP contribution in [0.25, 0.3) is 0 Å². The van der Waals surface area contributed by atoms with E-state index in [1.807, 2.05) is 0 Å². The highest BCUT2D eigenvalue weighted by molar-refractivity contribution is 7.99. The number of aliphatic hydroxyl groups excluding tert-OH is 1. The lowest BCUT2D eigenvalue weighted by molar-refractivity contribution is 0.322. The molecule has 0 aliphatic carbocycles. The van der Waals surface area contributed by atoms with Crippen molar-refractivity contribution in [1.82, 2.24) is 15.0 Å². The van der Waals surface area contributed by atoms with Gasteiger partial charge in [-0.3, -0.25) is 0 Å². The van der Waals surface area contributed by atoms with E-state index in [-0.39, 0.29) is 12.6 Å². The number of aromatic nitrogens is 3. The van der Waals surface area contributed by atoms with E-state index in [0.717, 1.165) is 0 Å². The van der Waals surface area contributed by atoms with Crippen molar-refractivity contribution in [2.24, 2.45) is 0 Å². The summed E-state index contributed by atoms with van der Waals surface area (Å²) in [7, 11) is 3.21. The summed E-state index contributed by atoms with van der Waals surface area (Å²) >= 11 is 1.35. The smallest absolute Gasteiger partial charge is 0.321 e. The first kappa shape index (κ1) is 11.0. The van der Waals surface area contributed by atoms with E-state index >= 15 is 0 Å². The largest absolute Gasteiger partial charge is 0.467 e. The summed E-state index contributed by atoms with van der Waals surface area (Å²) in [6.07, 6.45) is 0. The highest BCUT2D eigenvalue weighted by Crippen LogP contribution is 2.16. The number of aliphatic hydroxyl groups is 1. The molecule has 1 aromatic heterocycles. The number of rotatable bonds is 5. The maximum atomic E-state index is 8.64. The molecule has 0 aromatic carbocycles. The molecule has 7 heteroatoms. The van der Waals surface area contributed by atoms with Crippen LogP contribution in [0.2, 0.25) is 0 Å². The van der Waals surface area contributed by atoms with Gasteiger partial charge in [-0.2, -0.15) is 15.0 Å². The zero-order chi connectivity index (χ0) is 10.4. The molecular formula is C7H12N4O2S. The quantitative estimate of drug-likeness (QED) is 0.671. The molecule has 2 N–H and O–H groups in total. The lowest BCUT2D eigenvalue weighted by Gasteiger charge is -2.03. The molecule has 0 bridgehead atoms. The zero-order valence-corrected chi connectivity index (χ0v) is 8.84. The van der Waals surface area contributed by atoms with Gasteiger partial charge in [-0.1, -0.05) is 11.8 Å². The normalized spacial score (nSPS) is 9.93. The Morgan fingerprint density at radius 3 is 2.79 bits per heavy atom. The first-order chi connectivity index (χ1) is 6.80. The molecule has 6 nitrogen and oxygen atoms in total. The molecule has 78 valence electrons. The highest BCUT2D eigenvalue weighted by Gasteiger charge is 2.05. The molecule has 0 radical (unpaired) electrons. The first-order valence-electron chi connectivity index (χ1n) is 4.01. The summed E-state index contributed by atoms with van der Waals surface area (Å²) in [6.45, 7) is 0.0908. The maximum absolute atomic E-state index is 8.64. The van der Waals surface area contributed by atoms with Gasteiger partial charge in [0.1, 0.15) is 0 Å². The van der Waals surface area contributed by atoms with Crippen molar-refractivity contribution in [2.75, 3.05) is 31.8 Å². The second-order valence-electron chi connectivity index (χ2n) is 2.25. The third kappa shape index (κ3) is 3.00. The molecule has 0 saturated heterocycles. The lowest BCUT2D eigenvalue weighted by Crippen LogP contribution is -2.03. The van der Waals surface area contributed by atoms with Crippen LogP contribution in [0.1, 0.15) is 0 Å². The molecule has 1 aromatic rings. The van der Waals surface area contributed by atoms with Gasteiger partial charge in [0.25, 0.3) is 0 Å². The Morgan fingerprint density at radius 2 is 2.21 bits per heavy atom. The summed E-state index contributed by atoms with van der Waals surface area (Å²) in [5.74, 6) is 1.01. The van der Waals surface area contributed by atoms with Gasteiger partial charge in [-0.05, 0) is 0 Å². The molecule has 0 atom stereocenters. The van der Waals surface area contributed by atoms with E-state index < -0.39 is 0 Å². The number of thioether (sulfide) groups is 1. The number of ether oxygens (including phenoxy) is 1. The van der Waals surface area contributed by atoms with Crippen molar-refractivity contribution in [3.05, 3.63) is 0 Å². The fourth-order valence-corrected chi connectivity index (χ4v) is 1.31. The Bertz CT molecular complexity index is 275. The van der Waals surface area contributed by atoms with Crippen molar-refractivity contribution in [1.29, 1.82) is 0 Å². The lowest BCUT2D eigenvalue weighted by atomic mass is 10.9. The summed E-state index contributed by atoms with van der Waals surface area (Å²) in [6, 6.07) is 0.268. The van der Waals surface area contributed by atoms with Gasteiger partial charge in [0.05, 0.1) is 13.7 Å². The van der Waals surface area contributed by atoms with Gasteiger partial charge in [0.15, 0.2) is 5.16 Å². The second-order valence-corrected chi connectivity index (χ2v) is 3.31. The van der Waals surface area contributed by atoms with Crippen molar-refractivity contribution >= 4 is 17.7 Å². The zero-order valence-electron chi connectivity index (χ0n) is 8.02. The molecule has 14 heavy (non-hydrogen) atoms. The number of nitrogens with one attached hydrogen (secondary N) is 1. The minimum absolute atomic E-state index is 0.0908. The van der Waals surface area contributed by atoms with Crippen LogP contribution in [0.15, 0.2) is 5.16 Å². The minimum atomic E-state index is 0.0908. The minimum Gasteiger partial charge on any atom is -0.467 e. The van der Waals surface area contributed by atoms with Crippen molar-refractivity contribution < 1.29 is 9.84 Å². The Labute approximate surface area is 86.1 Å². The van der Waals surface area contributed by atoms with Crippen LogP contribution in [0.4, 0.5) is 5.95 Å².